The van der Waals surface area contributed by atoms with Gasteiger partial charge in [0.15, 0.2) is 0 Å². The Hall–Kier alpha value is -0.970. The molecule has 0 spiro atoms. The molecule has 0 saturated carbocycles. The van der Waals surface area contributed by atoms with Crippen LogP contribution in [0.1, 0.15) is 25.3 Å². The van der Waals surface area contributed by atoms with E-state index < -0.39 is 0 Å². The summed E-state index contributed by atoms with van der Waals surface area (Å²) >= 11 is 0. The van der Waals surface area contributed by atoms with Crippen LogP contribution < -0.4 is 0 Å². The highest BCUT2D eigenvalue weighted by Crippen LogP contribution is 2.21. The third-order valence-corrected chi connectivity index (χ3v) is 4.89. The maximum absolute atomic E-state index is 13.3. The van der Waals surface area contributed by atoms with Crippen LogP contribution in [0, 0.1) is 5.82 Å². The van der Waals surface area contributed by atoms with E-state index in [-0.39, 0.29) is 5.82 Å². The van der Waals surface area contributed by atoms with Gasteiger partial charge in [-0.05, 0) is 50.4 Å². The second-order valence-corrected chi connectivity index (χ2v) is 6.65. The van der Waals surface area contributed by atoms with Crippen LogP contribution in [0.25, 0.3) is 0 Å². The second kappa shape index (κ2) is 7.53. The third kappa shape index (κ3) is 4.28. The Morgan fingerprint density at radius 1 is 1.27 bits per heavy atom. The number of rotatable bonds is 5. The predicted octanol–water partition coefficient (Wildman–Crippen LogP) is 2.55. The molecule has 0 aliphatic carbocycles. The van der Waals surface area contributed by atoms with Gasteiger partial charge in [0.2, 0.25) is 0 Å². The van der Waals surface area contributed by atoms with E-state index in [1.54, 1.807) is 6.07 Å². The Morgan fingerprint density at radius 3 is 3.00 bits per heavy atom. The minimum atomic E-state index is -0.121. The number of nitrogens with zero attached hydrogens (tertiary/aromatic N) is 2. The Bertz CT molecular complexity index is 482. The van der Waals surface area contributed by atoms with Crippen molar-refractivity contribution in [3.05, 3.63) is 35.6 Å². The smallest absolute Gasteiger partial charge is 0.123 e. The molecular weight excluding hydrogens is 279 g/mol. The Balaban J connectivity index is 1.50. The molecule has 0 radical (unpaired) electrons. The van der Waals surface area contributed by atoms with Crippen molar-refractivity contribution < 1.29 is 9.13 Å². The standard InChI is InChI=1S/C18H27FN2O/c1-15-14-20(10-11-22-15)8-9-21-7-3-6-18(21)13-16-4-2-5-17(19)12-16/h2,4-5,12,15,18H,3,6-11,13-14H2,1H3/t15-,18+/m0/s1. The summed E-state index contributed by atoms with van der Waals surface area (Å²) in [4.78, 5) is 5.09. The first kappa shape index (κ1) is 15.9. The SMILES string of the molecule is C[C@H]1CN(CCN2CCC[C@@H]2Cc2cccc(F)c2)CCO1. The molecule has 3 rings (SSSR count). The van der Waals surface area contributed by atoms with Crippen LogP contribution in [0.4, 0.5) is 4.39 Å². The third-order valence-electron chi connectivity index (χ3n) is 4.89. The summed E-state index contributed by atoms with van der Waals surface area (Å²) in [7, 11) is 0. The van der Waals surface area contributed by atoms with Crippen LogP contribution in [-0.2, 0) is 11.2 Å². The van der Waals surface area contributed by atoms with E-state index in [9.17, 15) is 4.39 Å². The van der Waals surface area contributed by atoms with Gasteiger partial charge in [0.05, 0.1) is 12.7 Å². The first-order valence-corrected chi connectivity index (χ1v) is 8.53. The minimum Gasteiger partial charge on any atom is -0.376 e. The molecule has 2 saturated heterocycles. The molecule has 0 bridgehead atoms. The molecule has 122 valence electrons. The molecular formula is C18H27FN2O. The van der Waals surface area contributed by atoms with Crippen LogP contribution in [0.15, 0.2) is 24.3 Å². The van der Waals surface area contributed by atoms with Gasteiger partial charge in [-0.3, -0.25) is 9.80 Å². The first-order chi connectivity index (χ1) is 10.7. The maximum Gasteiger partial charge on any atom is 0.123 e. The van der Waals surface area contributed by atoms with E-state index >= 15 is 0 Å². The number of morpholine rings is 1. The Kier molecular flexibility index (Phi) is 5.45. The minimum absolute atomic E-state index is 0.121. The van der Waals surface area contributed by atoms with Crippen LogP contribution in [-0.4, -0.2) is 61.3 Å². The molecule has 2 heterocycles. The molecule has 2 aliphatic rings. The van der Waals surface area contributed by atoms with Crippen molar-refractivity contribution in [1.82, 2.24) is 9.80 Å². The highest BCUT2D eigenvalue weighted by Gasteiger charge is 2.25. The van der Waals surface area contributed by atoms with E-state index in [0.717, 1.165) is 44.8 Å². The van der Waals surface area contributed by atoms with Crippen molar-refractivity contribution in [3.8, 4) is 0 Å². The number of benzene rings is 1. The van der Waals surface area contributed by atoms with Gasteiger partial charge in [-0.1, -0.05) is 12.1 Å². The van der Waals surface area contributed by atoms with Crippen LogP contribution in [0.3, 0.4) is 0 Å². The predicted molar refractivity (Wildman–Crippen MR) is 86.6 cm³/mol. The topological polar surface area (TPSA) is 15.7 Å². The zero-order chi connectivity index (χ0) is 15.4. The van der Waals surface area contributed by atoms with Crippen molar-refractivity contribution in [1.29, 1.82) is 0 Å². The van der Waals surface area contributed by atoms with Crippen LogP contribution in [0.2, 0.25) is 0 Å². The zero-order valence-electron chi connectivity index (χ0n) is 13.5. The maximum atomic E-state index is 13.3. The van der Waals surface area contributed by atoms with Gasteiger partial charge in [-0.25, -0.2) is 4.39 Å². The summed E-state index contributed by atoms with van der Waals surface area (Å²) in [5, 5.41) is 0. The lowest BCUT2D eigenvalue weighted by Crippen LogP contribution is -2.45. The van der Waals surface area contributed by atoms with Crippen LogP contribution in [0.5, 0.6) is 0 Å². The summed E-state index contributed by atoms with van der Waals surface area (Å²) in [6.07, 6.45) is 3.82. The summed E-state index contributed by atoms with van der Waals surface area (Å²) < 4.78 is 18.9. The summed E-state index contributed by atoms with van der Waals surface area (Å²) in [5.41, 5.74) is 1.12. The summed E-state index contributed by atoms with van der Waals surface area (Å²) in [6, 6.07) is 7.64. The molecule has 2 atom stereocenters. The average Bonchev–Trinajstić information content (AvgIpc) is 2.92. The zero-order valence-corrected chi connectivity index (χ0v) is 13.5. The van der Waals surface area contributed by atoms with E-state index in [2.05, 4.69) is 16.7 Å². The fourth-order valence-corrected chi connectivity index (χ4v) is 3.72. The summed E-state index contributed by atoms with van der Waals surface area (Å²) in [6.45, 7) is 8.51. The van der Waals surface area contributed by atoms with Crippen molar-refractivity contribution in [2.75, 3.05) is 39.3 Å². The molecule has 3 nitrogen and oxygen atoms in total. The van der Waals surface area contributed by atoms with Gasteiger partial charge in [0.1, 0.15) is 5.82 Å². The van der Waals surface area contributed by atoms with Crippen molar-refractivity contribution in [2.45, 2.75) is 38.3 Å². The van der Waals surface area contributed by atoms with Gasteiger partial charge in [-0.2, -0.15) is 0 Å². The molecule has 0 aromatic heterocycles. The van der Waals surface area contributed by atoms with Gasteiger partial charge < -0.3 is 4.74 Å². The average molecular weight is 306 g/mol. The lowest BCUT2D eigenvalue weighted by molar-refractivity contribution is -0.0209. The van der Waals surface area contributed by atoms with Crippen molar-refractivity contribution in [2.24, 2.45) is 0 Å². The van der Waals surface area contributed by atoms with Gasteiger partial charge in [0, 0.05) is 32.2 Å². The van der Waals surface area contributed by atoms with E-state index in [1.807, 2.05) is 12.1 Å². The largest absolute Gasteiger partial charge is 0.376 e. The molecule has 0 N–H and O–H groups in total. The summed E-state index contributed by atoms with van der Waals surface area (Å²) in [5.74, 6) is -0.121. The van der Waals surface area contributed by atoms with Gasteiger partial charge in [-0.15, -0.1) is 0 Å². The molecule has 1 aromatic rings. The Labute approximate surface area is 133 Å². The molecule has 0 amide bonds. The molecule has 1 aromatic carbocycles. The van der Waals surface area contributed by atoms with Crippen molar-refractivity contribution in [3.63, 3.8) is 0 Å². The molecule has 22 heavy (non-hydrogen) atoms. The normalized spacial score (nSPS) is 27.4. The second-order valence-electron chi connectivity index (χ2n) is 6.65. The van der Waals surface area contributed by atoms with E-state index in [4.69, 9.17) is 4.74 Å². The Morgan fingerprint density at radius 2 is 2.18 bits per heavy atom. The fraction of sp³-hybridized carbons (Fsp3) is 0.667. The highest BCUT2D eigenvalue weighted by molar-refractivity contribution is 5.17. The van der Waals surface area contributed by atoms with E-state index in [1.165, 1.54) is 25.5 Å². The number of hydrogen-bond acceptors (Lipinski definition) is 3. The molecule has 2 fully saturated rings. The lowest BCUT2D eigenvalue weighted by Gasteiger charge is -2.33. The number of hydrogen-bond donors (Lipinski definition) is 0. The van der Waals surface area contributed by atoms with Crippen LogP contribution >= 0.6 is 0 Å². The quantitative estimate of drug-likeness (QED) is 0.831. The lowest BCUT2D eigenvalue weighted by atomic mass is 10.0. The molecule has 0 unspecified atom stereocenters. The number of likely N-dealkylation sites (tertiary alicyclic amines) is 1. The van der Waals surface area contributed by atoms with Crippen molar-refractivity contribution >= 4 is 0 Å². The highest BCUT2D eigenvalue weighted by atomic mass is 19.1. The number of ether oxygens (including phenoxy) is 1. The first-order valence-electron chi connectivity index (χ1n) is 8.53. The van der Waals surface area contributed by atoms with Gasteiger partial charge >= 0.3 is 0 Å². The molecule has 2 aliphatic heterocycles. The fourth-order valence-electron chi connectivity index (χ4n) is 3.72. The van der Waals surface area contributed by atoms with Gasteiger partial charge in [0.25, 0.3) is 0 Å². The molecule has 4 heteroatoms. The van der Waals surface area contributed by atoms with E-state index in [0.29, 0.717) is 12.1 Å². The number of halogens is 1. The monoisotopic (exact) mass is 306 g/mol.